The van der Waals surface area contributed by atoms with E-state index < -0.39 is 17.7 Å². The van der Waals surface area contributed by atoms with Crippen LogP contribution in [0.3, 0.4) is 0 Å². The van der Waals surface area contributed by atoms with E-state index in [2.05, 4.69) is 20.9 Å². The Kier molecular flexibility index (Phi) is 4.75. The van der Waals surface area contributed by atoms with Crippen molar-refractivity contribution < 1.29 is 22.7 Å². The molecule has 0 atom stereocenters. The van der Waals surface area contributed by atoms with Gasteiger partial charge in [-0.3, -0.25) is 0 Å². The van der Waals surface area contributed by atoms with E-state index in [4.69, 9.17) is 4.74 Å². The summed E-state index contributed by atoms with van der Waals surface area (Å²) >= 11 is 3.37. The fourth-order valence-electron chi connectivity index (χ4n) is 2.79. The monoisotopic (exact) mass is 423 g/mol. The second kappa shape index (κ2) is 6.72. The third-order valence-electron chi connectivity index (χ3n) is 4.07. The van der Waals surface area contributed by atoms with E-state index in [1.165, 1.54) is 19.2 Å². The predicted molar refractivity (Wildman–Crippen MR) is 96.0 cm³/mol. The Morgan fingerprint density at radius 1 is 1.12 bits per heavy atom. The Bertz CT molecular complexity index is 998. The second-order valence-electron chi connectivity index (χ2n) is 5.69. The van der Waals surface area contributed by atoms with Crippen molar-refractivity contribution in [2.75, 3.05) is 7.11 Å². The van der Waals surface area contributed by atoms with Gasteiger partial charge in [-0.05, 0) is 42.8 Å². The average Bonchev–Trinajstić information content (AvgIpc) is 2.60. The van der Waals surface area contributed by atoms with Crippen molar-refractivity contribution in [3.05, 3.63) is 63.6 Å². The highest BCUT2D eigenvalue weighted by Crippen LogP contribution is 2.34. The van der Waals surface area contributed by atoms with Gasteiger partial charge in [-0.2, -0.15) is 13.2 Å². The number of hydrogen-bond donors (Lipinski definition) is 0. The van der Waals surface area contributed by atoms with Gasteiger partial charge in [0.1, 0.15) is 0 Å². The molecule has 1 aromatic heterocycles. The maximum absolute atomic E-state index is 12.8. The number of pyridine rings is 1. The molecule has 2 aromatic carbocycles. The summed E-state index contributed by atoms with van der Waals surface area (Å²) in [5, 5.41) is 0.611. The zero-order valence-electron chi connectivity index (χ0n) is 13.8. The minimum Gasteiger partial charge on any atom is -0.465 e. The molecule has 0 saturated heterocycles. The quantitative estimate of drug-likeness (QED) is 0.490. The molecule has 134 valence electrons. The lowest BCUT2D eigenvalue weighted by Crippen LogP contribution is -2.08. The molecule has 0 saturated carbocycles. The van der Waals surface area contributed by atoms with E-state index >= 15 is 0 Å². The summed E-state index contributed by atoms with van der Waals surface area (Å²) in [5.74, 6) is -0.527. The maximum atomic E-state index is 12.8. The highest BCUT2D eigenvalue weighted by atomic mass is 79.9. The first-order valence-corrected chi connectivity index (χ1v) is 8.37. The van der Waals surface area contributed by atoms with Crippen LogP contribution in [-0.2, 0) is 10.9 Å². The van der Waals surface area contributed by atoms with Crippen molar-refractivity contribution in [2.24, 2.45) is 0 Å². The Morgan fingerprint density at radius 3 is 2.35 bits per heavy atom. The van der Waals surface area contributed by atoms with Crippen LogP contribution in [0.15, 0.2) is 46.9 Å². The van der Waals surface area contributed by atoms with E-state index in [9.17, 15) is 18.0 Å². The lowest BCUT2D eigenvalue weighted by molar-refractivity contribution is -0.137. The van der Waals surface area contributed by atoms with Crippen molar-refractivity contribution in [1.29, 1.82) is 0 Å². The molecule has 0 unspecified atom stereocenters. The van der Waals surface area contributed by atoms with E-state index in [0.717, 1.165) is 16.6 Å². The number of carbonyl (C=O) groups excluding carboxylic acids is 1. The van der Waals surface area contributed by atoms with Gasteiger partial charge in [-0.15, -0.1) is 0 Å². The van der Waals surface area contributed by atoms with Crippen LogP contribution in [0.1, 0.15) is 21.5 Å². The van der Waals surface area contributed by atoms with Crippen LogP contribution in [0.25, 0.3) is 22.2 Å². The molecule has 0 N–H and O–H groups in total. The standard InChI is InChI=1S/C19H13BrF3NO2/c1-10-16(18(25)26-2)14-9-13(20)7-8-15(14)24-17(10)11-3-5-12(6-4-11)19(21,22)23/h3-9H,1-2H3. The highest BCUT2D eigenvalue weighted by molar-refractivity contribution is 9.10. The van der Waals surface area contributed by atoms with E-state index in [1.54, 1.807) is 25.1 Å². The highest BCUT2D eigenvalue weighted by Gasteiger charge is 2.30. The summed E-state index contributed by atoms with van der Waals surface area (Å²) in [7, 11) is 1.28. The second-order valence-corrected chi connectivity index (χ2v) is 6.60. The lowest BCUT2D eigenvalue weighted by Gasteiger charge is -2.14. The third kappa shape index (κ3) is 3.31. The molecule has 7 heteroatoms. The number of carbonyl (C=O) groups is 1. The summed E-state index contributed by atoms with van der Waals surface area (Å²) in [6.07, 6.45) is -4.41. The van der Waals surface area contributed by atoms with Crippen LogP contribution in [0.2, 0.25) is 0 Å². The van der Waals surface area contributed by atoms with Gasteiger partial charge in [0.15, 0.2) is 0 Å². The molecule has 0 aliphatic carbocycles. The van der Waals surface area contributed by atoms with Crippen molar-refractivity contribution >= 4 is 32.8 Å². The van der Waals surface area contributed by atoms with Gasteiger partial charge in [0.25, 0.3) is 0 Å². The number of hydrogen-bond acceptors (Lipinski definition) is 3. The number of benzene rings is 2. The number of fused-ring (bicyclic) bond motifs is 1. The molecule has 3 nitrogen and oxygen atoms in total. The first-order valence-electron chi connectivity index (χ1n) is 7.58. The van der Waals surface area contributed by atoms with Crippen LogP contribution in [0.4, 0.5) is 13.2 Å². The zero-order chi connectivity index (χ0) is 19.1. The van der Waals surface area contributed by atoms with Crippen molar-refractivity contribution in [2.45, 2.75) is 13.1 Å². The molecular formula is C19H13BrF3NO2. The van der Waals surface area contributed by atoms with Gasteiger partial charge in [0, 0.05) is 15.4 Å². The van der Waals surface area contributed by atoms with Crippen LogP contribution in [0.5, 0.6) is 0 Å². The molecule has 3 aromatic rings. The Labute approximate surface area is 155 Å². The van der Waals surface area contributed by atoms with E-state index in [0.29, 0.717) is 33.3 Å². The van der Waals surface area contributed by atoms with Crippen molar-refractivity contribution in [3.63, 3.8) is 0 Å². The molecule has 0 radical (unpaired) electrons. The molecule has 0 spiro atoms. The molecule has 3 rings (SSSR count). The number of esters is 1. The molecule has 0 bridgehead atoms. The molecule has 26 heavy (non-hydrogen) atoms. The minimum absolute atomic E-state index is 0.341. The van der Waals surface area contributed by atoms with Gasteiger partial charge < -0.3 is 4.74 Å². The Balaban J connectivity index is 2.25. The fourth-order valence-corrected chi connectivity index (χ4v) is 3.16. The smallest absolute Gasteiger partial charge is 0.416 e. The van der Waals surface area contributed by atoms with Crippen molar-refractivity contribution in [3.8, 4) is 11.3 Å². The largest absolute Gasteiger partial charge is 0.465 e. The van der Waals surface area contributed by atoms with Crippen molar-refractivity contribution in [1.82, 2.24) is 4.98 Å². The molecule has 1 heterocycles. The lowest BCUT2D eigenvalue weighted by atomic mass is 9.97. The van der Waals surface area contributed by atoms with Gasteiger partial charge in [0.05, 0.1) is 29.4 Å². The topological polar surface area (TPSA) is 39.2 Å². The third-order valence-corrected chi connectivity index (χ3v) is 4.56. The van der Waals surface area contributed by atoms with Crippen LogP contribution >= 0.6 is 15.9 Å². The first kappa shape index (κ1) is 18.4. The van der Waals surface area contributed by atoms with E-state index in [1.807, 2.05) is 0 Å². The van der Waals surface area contributed by atoms with Gasteiger partial charge in [-0.1, -0.05) is 28.1 Å². The number of methoxy groups -OCH3 is 1. The number of aromatic nitrogens is 1. The Hall–Kier alpha value is -2.41. The molecule has 0 aliphatic heterocycles. The van der Waals surface area contributed by atoms with Crippen LogP contribution < -0.4 is 0 Å². The van der Waals surface area contributed by atoms with Crippen LogP contribution in [0, 0.1) is 6.92 Å². The minimum atomic E-state index is -4.41. The summed E-state index contributed by atoms with van der Waals surface area (Å²) in [6.45, 7) is 1.70. The number of alkyl halides is 3. The number of rotatable bonds is 2. The number of ether oxygens (including phenoxy) is 1. The summed E-state index contributed by atoms with van der Waals surface area (Å²) < 4.78 is 44.0. The van der Waals surface area contributed by atoms with Crippen LogP contribution in [-0.4, -0.2) is 18.1 Å². The fraction of sp³-hybridized carbons (Fsp3) is 0.158. The van der Waals surface area contributed by atoms with Gasteiger partial charge >= 0.3 is 12.1 Å². The molecule has 0 fully saturated rings. The van der Waals surface area contributed by atoms with Gasteiger partial charge in [-0.25, -0.2) is 9.78 Å². The normalized spacial score (nSPS) is 11.6. The molecule has 0 aliphatic rings. The Morgan fingerprint density at radius 2 is 1.77 bits per heavy atom. The average molecular weight is 424 g/mol. The SMILES string of the molecule is COC(=O)c1c(C)c(-c2ccc(C(F)(F)F)cc2)nc2ccc(Br)cc12. The molecular weight excluding hydrogens is 411 g/mol. The van der Waals surface area contributed by atoms with Gasteiger partial charge in [0.2, 0.25) is 0 Å². The first-order chi connectivity index (χ1) is 12.2. The summed E-state index contributed by atoms with van der Waals surface area (Å²) in [4.78, 5) is 16.9. The van der Waals surface area contributed by atoms with E-state index in [-0.39, 0.29) is 0 Å². The summed E-state index contributed by atoms with van der Waals surface area (Å²) in [6, 6.07) is 9.98. The zero-order valence-corrected chi connectivity index (χ0v) is 15.4. The number of nitrogens with zero attached hydrogens (tertiary/aromatic N) is 1. The summed E-state index contributed by atoms with van der Waals surface area (Å²) in [5.41, 5.74) is 1.63. The predicted octanol–water partition coefficient (Wildman–Crippen LogP) is 5.78. The molecule has 0 amide bonds. The maximum Gasteiger partial charge on any atom is 0.416 e. The number of halogens is 4.